The van der Waals surface area contributed by atoms with Crippen molar-refractivity contribution < 1.29 is 0 Å². The van der Waals surface area contributed by atoms with Gasteiger partial charge in [0.25, 0.3) is 0 Å². The maximum atomic E-state index is 4.47. The zero-order valence-electron chi connectivity index (χ0n) is 8.18. The molecule has 2 heteroatoms. The third-order valence-electron chi connectivity index (χ3n) is 1.95. The van der Waals surface area contributed by atoms with E-state index in [0.29, 0.717) is 0 Å². The lowest BCUT2D eigenvalue weighted by Crippen LogP contribution is -1.98. The minimum absolute atomic E-state index is 1.22. The topological polar surface area (TPSA) is 12.9 Å². The van der Waals surface area contributed by atoms with Gasteiger partial charge in [0, 0.05) is 4.88 Å². The van der Waals surface area contributed by atoms with Crippen LogP contribution in [0.4, 0.5) is 0 Å². The van der Waals surface area contributed by atoms with Crippen LogP contribution in [0.25, 0.3) is 0 Å². The molecule has 0 saturated heterocycles. The largest absolute Gasteiger partial charge is 0.246 e. The molecule has 0 aliphatic heterocycles. The summed E-state index contributed by atoms with van der Waals surface area (Å²) < 4.78 is 0. The highest BCUT2D eigenvalue weighted by Crippen LogP contribution is 2.25. The third-order valence-corrected chi connectivity index (χ3v) is 3.03. The van der Waals surface area contributed by atoms with Crippen molar-refractivity contribution in [3.63, 3.8) is 0 Å². The zero-order valence-corrected chi connectivity index (χ0v) is 9.00. The molecule has 1 aromatic rings. The first-order valence-electron chi connectivity index (χ1n) is 4.81. The van der Waals surface area contributed by atoms with Crippen LogP contribution < -0.4 is 0 Å². The van der Waals surface area contributed by atoms with Gasteiger partial charge in [-0.3, -0.25) is 0 Å². The smallest absolute Gasteiger partial charge is 0.0900 e. The molecule has 0 spiro atoms. The fourth-order valence-electron chi connectivity index (χ4n) is 1.48. The molecule has 0 aromatic carbocycles. The van der Waals surface area contributed by atoms with Crippen LogP contribution in [0.5, 0.6) is 0 Å². The highest BCUT2D eigenvalue weighted by atomic mass is 32.1. The maximum absolute atomic E-state index is 4.47. The lowest BCUT2D eigenvalue weighted by molar-refractivity contribution is 0.681. The van der Waals surface area contributed by atoms with Gasteiger partial charge in [0.2, 0.25) is 0 Å². The monoisotopic (exact) mass is 183 g/mol. The molecule has 0 atom stereocenters. The number of aryl methyl sites for hydroxylation is 3. The quantitative estimate of drug-likeness (QED) is 0.601. The van der Waals surface area contributed by atoms with E-state index in [2.05, 4.69) is 11.9 Å². The van der Waals surface area contributed by atoms with E-state index in [1.807, 2.05) is 25.2 Å². The van der Waals surface area contributed by atoms with E-state index in [-0.39, 0.29) is 0 Å². The average molecular weight is 183 g/mol. The molecule has 2 rings (SSSR count). The third kappa shape index (κ3) is 2.07. The predicted molar refractivity (Wildman–Crippen MR) is 54.8 cm³/mol. The Balaban J connectivity index is 0.000000336. The standard InChI is InChI=1S/C8H11NS.C2H6/c1-6-9-7-4-2-3-5-8(7)10-6;1-2/h2-5H2,1H3;1-2H3. The van der Waals surface area contributed by atoms with E-state index < -0.39 is 0 Å². The van der Waals surface area contributed by atoms with Crippen LogP contribution in [0.3, 0.4) is 0 Å². The van der Waals surface area contributed by atoms with Gasteiger partial charge in [0.15, 0.2) is 0 Å². The molecule has 0 N–H and O–H groups in total. The molecule has 1 nitrogen and oxygen atoms in total. The highest BCUT2D eigenvalue weighted by molar-refractivity contribution is 7.11. The molecule has 68 valence electrons. The summed E-state index contributed by atoms with van der Waals surface area (Å²) in [6.07, 6.45) is 5.21. The Labute approximate surface area is 78.8 Å². The first kappa shape index (κ1) is 9.72. The van der Waals surface area contributed by atoms with Gasteiger partial charge in [0.05, 0.1) is 10.7 Å². The predicted octanol–water partition coefficient (Wildman–Crippen LogP) is 3.36. The van der Waals surface area contributed by atoms with Crippen LogP contribution in [0.1, 0.15) is 42.3 Å². The van der Waals surface area contributed by atoms with E-state index in [0.717, 1.165) is 0 Å². The molecule has 0 saturated carbocycles. The number of hydrogen-bond acceptors (Lipinski definition) is 2. The summed E-state index contributed by atoms with van der Waals surface area (Å²) in [7, 11) is 0. The van der Waals surface area contributed by atoms with Crippen LogP contribution in [0.15, 0.2) is 0 Å². The van der Waals surface area contributed by atoms with E-state index in [1.54, 1.807) is 4.88 Å². The van der Waals surface area contributed by atoms with Crippen LogP contribution >= 0.6 is 11.3 Å². The van der Waals surface area contributed by atoms with Crippen molar-refractivity contribution in [2.24, 2.45) is 0 Å². The summed E-state index contributed by atoms with van der Waals surface area (Å²) in [4.78, 5) is 6.01. The summed E-state index contributed by atoms with van der Waals surface area (Å²) in [5.41, 5.74) is 1.38. The molecule has 0 unspecified atom stereocenters. The van der Waals surface area contributed by atoms with Gasteiger partial charge < -0.3 is 0 Å². The minimum Gasteiger partial charge on any atom is -0.246 e. The fourth-order valence-corrected chi connectivity index (χ4v) is 2.51. The molecule has 1 aromatic heterocycles. The Morgan fingerprint density at radius 2 is 1.83 bits per heavy atom. The zero-order chi connectivity index (χ0) is 8.97. The lowest BCUT2D eigenvalue weighted by Gasteiger charge is -2.06. The lowest BCUT2D eigenvalue weighted by atomic mass is 10.0. The van der Waals surface area contributed by atoms with Gasteiger partial charge >= 0.3 is 0 Å². The first-order valence-corrected chi connectivity index (χ1v) is 5.63. The second kappa shape index (κ2) is 4.61. The fraction of sp³-hybridized carbons (Fsp3) is 0.700. The van der Waals surface area contributed by atoms with Crippen molar-refractivity contribution >= 4 is 11.3 Å². The summed E-state index contributed by atoms with van der Waals surface area (Å²) in [5, 5.41) is 1.24. The van der Waals surface area contributed by atoms with E-state index in [4.69, 9.17) is 0 Å². The molecular formula is C10H17NS. The van der Waals surface area contributed by atoms with Gasteiger partial charge in [-0.25, -0.2) is 4.98 Å². The molecule has 12 heavy (non-hydrogen) atoms. The minimum atomic E-state index is 1.22. The molecule has 0 bridgehead atoms. The summed E-state index contributed by atoms with van der Waals surface area (Å²) in [5.74, 6) is 0. The molecular weight excluding hydrogens is 166 g/mol. The van der Waals surface area contributed by atoms with Crippen LogP contribution in [0, 0.1) is 6.92 Å². The number of fused-ring (bicyclic) bond motifs is 1. The molecule has 1 heterocycles. The molecule has 0 fully saturated rings. The maximum Gasteiger partial charge on any atom is 0.0900 e. The van der Waals surface area contributed by atoms with Gasteiger partial charge in [0.1, 0.15) is 0 Å². The van der Waals surface area contributed by atoms with Crippen molar-refractivity contribution in [3.05, 3.63) is 15.6 Å². The van der Waals surface area contributed by atoms with Crippen molar-refractivity contribution in [3.8, 4) is 0 Å². The van der Waals surface area contributed by atoms with Crippen molar-refractivity contribution in [1.29, 1.82) is 0 Å². The van der Waals surface area contributed by atoms with Crippen molar-refractivity contribution in [1.82, 2.24) is 4.98 Å². The highest BCUT2D eigenvalue weighted by Gasteiger charge is 2.12. The normalized spacial score (nSPS) is 14.6. The van der Waals surface area contributed by atoms with E-state index >= 15 is 0 Å². The number of aromatic nitrogens is 1. The Morgan fingerprint density at radius 1 is 1.17 bits per heavy atom. The van der Waals surface area contributed by atoms with Crippen LogP contribution in [-0.2, 0) is 12.8 Å². The van der Waals surface area contributed by atoms with Crippen LogP contribution in [0.2, 0.25) is 0 Å². The summed E-state index contributed by atoms with van der Waals surface area (Å²) in [6, 6.07) is 0. The summed E-state index contributed by atoms with van der Waals surface area (Å²) in [6.45, 7) is 6.10. The van der Waals surface area contributed by atoms with E-state index in [9.17, 15) is 0 Å². The van der Waals surface area contributed by atoms with E-state index in [1.165, 1.54) is 36.4 Å². The van der Waals surface area contributed by atoms with Crippen LogP contribution in [-0.4, -0.2) is 4.98 Å². The Kier molecular flexibility index (Phi) is 3.73. The number of nitrogens with zero attached hydrogens (tertiary/aromatic N) is 1. The van der Waals surface area contributed by atoms with Gasteiger partial charge in [-0.15, -0.1) is 11.3 Å². The Hall–Kier alpha value is -0.370. The van der Waals surface area contributed by atoms with Gasteiger partial charge in [-0.05, 0) is 32.6 Å². The molecule has 1 aliphatic carbocycles. The number of thiazole rings is 1. The number of rotatable bonds is 0. The van der Waals surface area contributed by atoms with Gasteiger partial charge in [-0.1, -0.05) is 13.8 Å². The van der Waals surface area contributed by atoms with Crippen molar-refractivity contribution in [2.45, 2.75) is 46.5 Å². The second-order valence-electron chi connectivity index (χ2n) is 2.81. The Morgan fingerprint density at radius 3 is 2.50 bits per heavy atom. The number of hydrogen-bond donors (Lipinski definition) is 0. The second-order valence-corrected chi connectivity index (χ2v) is 4.10. The average Bonchev–Trinajstić information content (AvgIpc) is 2.48. The summed E-state index contributed by atoms with van der Waals surface area (Å²) >= 11 is 1.88. The van der Waals surface area contributed by atoms with Gasteiger partial charge in [-0.2, -0.15) is 0 Å². The molecule has 0 amide bonds. The van der Waals surface area contributed by atoms with Crippen molar-refractivity contribution in [2.75, 3.05) is 0 Å². The SMILES string of the molecule is CC.Cc1nc2c(s1)CCCC2. The first-order chi connectivity index (χ1) is 5.86. The molecule has 0 radical (unpaired) electrons. The Bertz CT molecular complexity index is 216. The molecule has 1 aliphatic rings.